The second-order valence-electron chi connectivity index (χ2n) is 5.35. The van der Waals surface area contributed by atoms with Crippen molar-refractivity contribution in [3.05, 3.63) is 29.8 Å². The molecule has 2 rings (SSSR count). The van der Waals surface area contributed by atoms with Gasteiger partial charge in [-0.1, -0.05) is 25.5 Å². The molecule has 1 fully saturated rings. The highest BCUT2D eigenvalue weighted by Gasteiger charge is 2.25. The molecule has 1 N–H and O–H groups in total. The zero-order valence-corrected chi connectivity index (χ0v) is 11.4. The fourth-order valence-corrected chi connectivity index (χ4v) is 2.80. The zero-order chi connectivity index (χ0) is 13.0. The molecule has 0 aromatic heterocycles. The number of rotatable bonds is 4. The summed E-state index contributed by atoms with van der Waals surface area (Å²) in [6.45, 7) is 4.03. The van der Waals surface area contributed by atoms with Crippen molar-refractivity contribution in [1.82, 2.24) is 0 Å². The molecule has 1 aliphatic carbocycles. The van der Waals surface area contributed by atoms with Gasteiger partial charge in [-0.2, -0.15) is 0 Å². The Balaban J connectivity index is 1.99. The summed E-state index contributed by atoms with van der Waals surface area (Å²) >= 11 is 0. The van der Waals surface area contributed by atoms with E-state index in [1.165, 1.54) is 32.1 Å². The topological polar surface area (TPSA) is 29.5 Å². The first-order valence-corrected chi connectivity index (χ1v) is 7.15. The smallest absolute Gasteiger partial charge is 0.119 e. The van der Waals surface area contributed by atoms with Crippen LogP contribution in [0.4, 0.5) is 0 Å². The molecule has 0 heterocycles. The lowest BCUT2D eigenvalue weighted by Crippen LogP contribution is -2.29. The minimum Gasteiger partial charge on any atom is -0.490 e. The molecular formula is C16H24O2. The highest BCUT2D eigenvalue weighted by Crippen LogP contribution is 2.30. The Morgan fingerprint density at radius 1 is 1.22 bits per heavy atom. The third-order valence-electron chi connectivity index (χ3n) is 4.01. The van der Waals surface area contributed by atoms with Gasteiger partial charge in [0.1, 0.15) is 11.9 Å². The van der Waals surface area contributed by atoms with E-state index >= 15 is 0 Å². The number of aliphatic hydroxyl groups is 1. The summed E-state index contributed by atoms with van der Waals surface area (Å²) in [5.41, 5.74) is 0.943. The minimum absolute atomic E-state index is 0.376. The number of aliphatic hydroxyl groups excluding tert-OH is 1. The van der Waals surface area contributed by atoms with Gasteiger partial charge in [0.2, 0.25) is 0 Å². The van der Waals surface area contributed by atoms with Gasteiger partial charge in [0.25, 0.3) is 0 Å². The number of ether oxygens (including phenoxy) is 1. The average molecular weight is 248 g/mol. The van der Waals surface area contributed by atoms with Gasteiger partial charge in [-0.25, -0.2) is 0 Å². The number of benzene rings is 1. The molecule has 1 aromatic carbocycles. The summed E-state index contributed by atoms with van der Waals surface area (Å²) in [4.78, 5) is 0. The van der Waals surface area contributed by atoms with Gasteiger partial charge < -0.3 is 9.84 Å². The Bertz CT molecular complexity index is 356. The zero-order valence-electron chi connectivity index (χ0n) is 11.4. The van der Waals surface area contributed by atoms with Crippen LogP contribution in [0.3, 0.4) is 0 Å². The Morgan fingerprint density at radius 3 is 2.50 bits per heavy atom. The van der Waals surface area contributed by atoms with Crippen LogP contribution >= 0.6 is 0 Å². The van der Waals surface area contributed by atoms with Crippen molar-refractivity contribution in [1.29, 1.82) is 0 Å². The maximum Gasteiger partial charge on any atom is 0.119 e. The van der Waals surface area contributed by atoms with E-state index in [4.69, 9.17) is 4.74 Å². The standard InChI is InChI=1S/C16H24O2/c1-3-13-6-4-5-7-16(13)18-15-10-8-14(9-11-15)12(2)17/h8-13,16-17H,3-7H2,1-2H3. The molecule has 3 atom stereocenters. The van der Waals surface area contributed by atoms with Crippen LogP contribution in [0.15, 0.2) is 24.3 Å². The molecule has 3 unspecified atom stereocenters. The second-order valence-corrected chi connectivity index (χ2v) is 5.35. The summed E-state index contributed by atoms with van der Waals surface area (Å²) in [7, 11) is 0. The van der Waals surface area contributed by atoms with Crippen LogP contribution in [0, 0.1) is 5.92 Å². The number of hydrogen-bond acceptors (Lipinski definition) is 2. The Hall–Kier alpha value is -1.02. The summed E-state index contributed by atoms with van der Waals surface area (Å²) in [6.07, 6.45) is 6.28. The van der Waals surface area contributed by atoms with Crippen molar-refractivity contribution in [2.75, 3.05) is 0 Å². The molecule has 0 saturated heterocycles. The maximum atomic E-state index is 9.48. The molecule has 0 bridgehead atoms. The Morgan fingerprint density at radius 2 is 1.89 bits per heavy atom. The van der Waals surface area contributed by atoms with E-state index in [2.05, 4.69) is 6.92 Å². The molecule has 2 heteroatoms. The highest BCUT2D eigenvalue weighted by atomic mass is 16.5. The summed E-state index contributed by atoms with van der Waals surface area (Å²) < 4.78 is 6.11. The van der Waals surface area contributed by atoms with E-state index in [-0.39, 0.29) is 0 Å². The highest BCUT2D eigenvalue weighted by molar-refractivity contribution is 5.28. The lowest BCUT2D eigenvalue weighted by atomic mass is 9.85. The van der Waals surface area contributed by atoms with Crippen molar-refractivity contribution in [3.63, 3.8) is 0 Å². The van der Waals surface area contributed by atoms with Crippen LogP contribution in [0.1, 0.15) is 57.6 Å². The third-order valence-corrected chi connectivity index (χ3v) is 4.01. The van der Waals surface area contributed by atoms with Gasteiger partial charge in [-0.15, -0.1) is 0 Å². The van der Waals surface area contributed by atoms with Crippen molar-refractivity contribution in [2.24, 2.45) is 5.92 Å². The predicted molar refractivity (Wildman–Crippen MR) is 73.7 cm³/mol. The molecule has 18 heavy (non-hydrogen) atoms. The monoisotopic (exact) mass is 248 g/mol. The fraction of sp³-hybridized carbons (Fsp3) is 0.625. The van der Waals surface area contributed by atoms with Crippen molar-refractivity contribution < 1.29 is 9.84 Å². The molecule has 0 radical (unpaired) electrons. The van der Waals surface area contributed by atoms with Crippen LogP contribution in [-0.2, 0) is 0 Å². The molecular weight excluding hydrogens is 224 g/mol. The van der Waals surface area contributed by atoms with Gasteiger partial charge in [-0.3, -0.25) is 0 Å². The molecule has 2 nitrogen and oxygen atoms in total. The Labute approximate surface area is 110 Å². The maximum absolute atomic E-state index is 9.48. The first kappa shape index (κ1) is 13.4. The quantitative estimate of drug-likeness (QED) is 0.869. The summed E-state index contributed by atoms with van der Waals surface area (Å²) in [5, 5.41) is 9.48. The van der Waals surface area contributed by atoms with E-state index in [1.807, 2.05) is 24.3 Å². The van der Waals surface area contributed by atoms with Gasteiger partial charge >= 0.3 is 0 Å². The van der Waals surface area contributed by atoms with E-state index in [0.29, 0.717) is 12.0 Å². The lowest BCUT2D eigenvalue weighted by molar-refractivity contribution is 0.0903. The minimum atomic E-state index is -0.405. The normalized spacial score (nSPS) is 25.7. The average Bonchev–Trinajstić information content (AvgIpc) is 2.40. The van der Waals surface area contributed by atoms with Gasteiger partial charge in [0, 0.05) is 0 Å². The van der Waals surface area contributed by atoms with Crippen molar-refractivity contribution >= 4 is 0 Å². The fourth-order valence-electron chi connectivity index (χ4n) is 2.80. The SMILES string of the molecule is CCC1CCCCC1Oc1ccc(C(C)O)cc1. The Kier molecular flexibility index (Phi) is 4.65. The first-order valence-electron chi connectivity index (χ1n) is 7.15. The molecule has 0 aliphatic heterocycles. The van der Waals surface area contributed by atoms with Crippen LogP contribution in [0.25, 0.3) is 0 Å². The number of hydrogen-bond donors (Lipinski definition) is 1. The van der Waals surface area contributed by atoms with Crippen LogP contribution in [0.5, 0.6) is 5.75 Å². The molecule has 0 spiro atoms. The van der Waals surface area contributed by atoms with Gasteiger partial charge in [0.15, 0.2) is 0 Å². The predicted octanol–water partition coefficient (Wildman–Crippen LogP) is 4.09. The molecule has 1 aromatic rings. The first-order chi connectivity index (χ1) is 8.70. The van der Waals surface area contributed by atoms with Crippen LogP contribution in [0.2, 0.25) is 0 Å². The largest absolute Gasteiger partial charge is 0.490 e. The second kappa shape index (κ2) is 6.24. The third kappa shape index (κ3) is 3.26. The summed E-state index contributed by atoms with van der Waals surface area (Å²) in [6, 6.07) is 7.85. The van der Waals surface area contributed by atoms with E-state index in [9.17, 15) is 5.11 Å². The van der Waals surface area contributed by atoms with E-state index in [0.717, 1.165) is 11.3 Å². The van der Waals surface area contributed by atoms with Crippen LogP contribution in [-0.4, -0.2) is 11.2 Å². The molecule has 100 valence electrons. The van der Waals surface area contributed by atoms with Crippen LogP contribution < -0.4 is 4.74 Å². The van der Waals surface area contributed by atoms with Crippen molar-refractivity contribution in [3.8, 4) is 5.75 Å². The van der Waals surface area contributed by atoms with Gasteiger partial charge in [0.05, 0.1) is 6.10 Å². The van der Waals surface area contributed by atoms with Gasteiger partial charge in [-0.05, 0) is 56.2 Å². The lowest BCUT2D eigenvalue weighted by Gasteiger charge is -2.31. The van der Waals surface area contributed by atoms with Crippen molar-refractivity contribution in [2.45, 2.75) is 58.2 Å². The summed E-state index contributed by atoms with van der Waals surface area (Å²) in [5.74, 6) is 1.64. The molecule has 1 aliphatic rings. The molecule has 0 amide bonds. The van der Waals surface area contributed by atoms with E-state index in [1.54, 1.807) is 6.92 Å². The molecule has 1 saturated carbocycles. The van der Waals surface area contributed by atoms with E-state index < -0.39 is 6.10 Å².